The van der Waals surface area contributed by atoms with E-state index in [9.17, 15) is 14.5 Å². The number of nitro benzene ring substituents is 1. The molecule has 0 radical (unpaired) electrons. The molecule has 0 aliphatic heterocycles. The maximum atomic E-state index is 13.7. The number of hydrogen-bond acceptors (Lipinski definition) is 5. The molecule has 1 rings (SSSR count). The fourth-order valence-electron chi connectivity index (χ4n) is 1.60. The molecular formula is C12H18FN3O3. The number of nitro groups is 1. The van der Waals surface area contributed by atoms with Gasteiger partial charge in [-0.05, 0) is 27.1 Å². The quantitative estimate of drug-likeness (QED) is 0.467. The number of ether oxygens (including phenoxy) is 1. The molecule has 19 heavy (non-hydrogen) atoms. The van der Waals surface area contributed by atoms with Gasteiger partial charge in [0.1, 0.15) is 0 Å². The lowest BCUT2D eigenvalue weighted by Crippen LogP contribution is -2.16. The molecule has 7 heteroatoms. The van der Waals surface area contributed by atoms with Gasteiger partial charge < -0.3 is 15.0 Å². The minimum absolute atomic E-state index is 0.0431. The van der Waals surface area contributed by atoms with Gasteiger partial charge in [0, 0.05) is 12.6 Å². The number of rotatable bonds is 7. The molecule has 0 heterocycles. The van der Waals surface area contributed by atoms with E-state index in [0.29, 0.717) is 6.54 Å². The molecule has 1 aromatic rings. The smallest absolute Gasteiger partial charge is 0.313 e. The van der Waals surface area contributed by atoms with Gasteiger partial charge in [-0.1, -0.05) is 0 Å². The Balaban J connectivity index is 2.76. The number of halogens is 1. The number of methoxy groups -OCH3 is 1. The Hall–Kier alpha value is -1.89. The van der Waals surface area contributed by atoms with Gasteiger partial charge in [0.05, 0.1) is 23.8 Å². The predicted molar refractivity (Wildman–Crippen MR) is 71.3 cm³/mol. The van der Waals surface area contributed by atoms with E-state index in [1.54, 1.807) is 0 Å². The first-order valence-electron chi connectivity index (χ1n) is 5.86. The van der Waals surface area contributed by atoms with E-state index in [-0.39, 0.29) is 17.1 Å². The molecule has 0 unspecified atom stereocenters. The van der Waals surface area contributed by atoms with Gasteiger partial charge in [0.15, 0.2) is 11.6 Å². The summed E-state index contributed by atoms with van der Waals surface area (Å²) in [7, 11) is 5.22. The molecule has 0 fully saturated rings. The first-order valence-corrected chi connectivity index (χ1v) is 5.86. The molecule has 1 aromatic carbocycles. The zero-order valence-corrected chi connectivity index (χ0v) is 11.3. The van der Waals surface area contributed by atoms with Crippen LogP contribution in [0.1, 0.15) is 6.42 Å². The van der Waals surface area contributed by atoms with E-state index in [1.165, 1.54) is 13.2 Å². The van der Waals surface area contributed by atoms with Crippen molar-refractivity contribution in [3.63, 3.8) is 0 Å². The van der Waals surface area contributed by atoms with E-state index >= 15 is 0 Å². The average Bonchev–Trinajstić information content (AvgIpc) is 2.35. The number of nitrogens with one attached hydrogen (secondary N) is 1. The van der Waals surface area contributed by atoms with Crippen LogP contribution in [0.5, 0.6) is 5.75 Å². The predicted octanol–water partition coefficient (Wildman–Crippen LogP) is 2.11. The Morgan fingerprint density at radius 3 is 2.68 bits per heavy atom. The Bertz CT molecular complexity index is 452. The highest BCUT2D eigenvalue weighted by Crippen LogP contribution is 2.32. The summed E-state index contributed by atoms with van der Waals surface area (Å²) >= 11 is 0. The standard InChI is InChI=1S/C12H18FN3O3/c1-15(2)6-4-5-14-10-8-12(19-3)11(16(17)18)7-9(10)13/h7-8,14H,4-6H2,1-3H3. The van der Waals surface area contributed by atoms with Crippen molar-refractivity contribution in [2.45, 2.75) is 6.42 Å². The van der Waals surface area contributed by atoms with Crippen LogP contribution in [0.4, 0.5) is 15.8 Å². The van der Waals surface area contributed by atoms with Gasteiger partial charge in [-0.3, -0.25) is 10.1 Å². The summed E-state index contributed by atoms with van der Waals surface area (Å²) in [6, 6.07) is 2.18. The summed E-state index contributed by atoms with van der Waals surface area (Å²) in [4.78, 5) is 12.1. The summed E-state index contributed by atoms with van der Waals surface area (Å²) in [5.41, 5.74) is -0.167. The highest BCUT2D eigenvalue weighted by Gasteiger charge is 2.18. The SMILES string of the molecule is COc1cc(NCCCN(C)C)c(F)cc1[N+](=O)[O-]. The highest BCUT2D eigenvalue weighted by molar-refractivity contribution is 5.59. The van der Waals surface area contributed by atoms with Crippen LogP contribution in [-0.2, 0) is 0 Å². The summed E-state index contributed by atoms with van der Waals surface area (Å²) < 4.78 is 18.6. The number of nitrogens with zero attached hydrogens (tertiary/aromatic N) is 2. The summed E-state index contributed by atoms with van der Waals surface area (Å²) in [6.07, 6.45) is 0.839. The van der Waals surface area contributed by atoms with E-state index in [0.717, 1.165) is 19.0 Å². The minimum Gasteiger partial charge on any atom is -0.490 e. The van der Waals surface area contributed by atoms with Gasteiger partial charge in [-0.25, -0.2) is 4.39 Å². The summed E-state index contributed by atoms with van der Waals surface area (Å²) in [6.45, 7) is 1.45. The minimum atomic E-state index is -0.669. The molecule has 0 spiro atoms. The van der Waals surface area contributed by atoms with E-state index < -0.39 is 10.7 Å². The molecule has 0 saturated heterocycles. The number of benzene rings is 1. The van der Waals surface area contributed by atoms with Crippen molar-refractivity contribution in [1.29, 1.82) is 0 Å². The largest absolute Gasteiger partial charge is 0.490 e. The Labute approximate surface area is 111 Å². The van der Waals surface area contributed by atoms with E-state index in [1.807, 2.05) is 19.0 Å². The summed E-state index contributed by atoms with van der Waals surface area (Å²) in [5.74, 6) is -0.612. The van der Waals surface area contributed by atoms with Crippen molar-refractivity contribution in [2.24, 2.45) is 0 Å². The van der Waals surface area contributed by atoms with Crippen LogP contribution < -0.4 is 10.1 Å². The second-order valence-corrected chi connectivity index (χ2v) is 4.34. The van der Waals surface area contributed by atoms with Gasteiger partial charge in [0.25, 0.3) is 0 Å². The van der Waals surface area contributed by atoms with Crippen molar-refractivity contribution in [1.82, 2.24) is 4.90 Å². The Morgan fingerprint density at radius 1 is 1.47 bits per heavy atom. The average molecular weight is 271 g/mol. The van der Waals surface area contributed by atoms with Gasteiger partial charge in [-0.15, -0.1) is 0 Å². The molecule has 106 valence electrons. The molecule has 0 atom stereocenters. The lowest BCUT2D eigenvalue weighted by atomic mass is 10.2. The van der Waals surface area contributed by atoms with Gasteiger partial charge >= 0.3 is 5.69 Å². The van der Waals surface area contributed by atoms with Crippen molar-refractivity contribution < 1.29 is 14.1 Å². The van der Waals surface area contributed by atoms with Gasteiger partial charge in [-0.2, -0.15) is 0 Å². The zero-order valence-electron chi connectivity index (χ0n) is 11.3. The molecular weight excluding hydrogens is 253 g/mol. The topological polar surface area (TPSA) is 67.6 Å². The van der Waals surface area contributed by atoms with Crippen LogP contribution in [0.3, 0.4) is 0 Å². The summed E-state index contributed by atoms with van der Waals surface area (Å²) in [5, 5.41) is 13.6. The molecule has 0 saturated carbocycles. The highest BCUT2D eigenvalue weighted by atomic mass is 19.1. The molecule has 1 N–H and O–H groups in total. The Kier molecular flexibility index (Phi) is 5.50. The van der Waals surface area contributed by atoms with Crippen LogP contribution in [0, 0.1) is 15.9 Å². The van der Waals surface area contributed by atoms with Crippen LogP contribution in [-0.4, -0.2) is 44.1 Å². The fraction of sp³-hybridized carbons (Fsp3) is 0.500. The normalized spacial score (nSPS) is 10.6. The maximum Gasteiger partial charge on any atom is 0.313 e. The monoisotopic (exact) mass is 271 g/mol. The second-order valence-electron chi connectivity index (χ2n) is 4.34. The molecule has 0 aliphatic rings. The second kappa shape index (κ2) is 6.89. The Morgan fingerprint density at radius 2 is 2.16 bits per heavy atom. The third-order valence-electron chi connectivity index (χ3n) is 2.56. The first kappa shape index (κ1) is 15.2. The van der Waals surface area contributed by atoms with Crippen molar-refractivity contribution in [2.75, 3.05) is 39.6 Å². The molecule has 0 aliphatic carbocycles. The number of anilines is 1. The van der Waals surface area contributed by atoms with Crippen molar-refractivity contribution in [3.05, 3.63) is 28.1 Å². The number of hydrogen-bond donors (Lipinski definition) is 1. The van der Waals surface area contributed by atoms with Crippen LogP contribution in [0.15, 0.2) is 12.1 Å². The third kappa shape index (κ3) is 4.36. The first-order chi connectivity index (χ1) is 8.95. The third-order valence-corrected chi connectivity index (χ3v) is 2.56. The van der Waals surface area contributed by atoms with Gasteiger partial charge in [0.2, 0.25) is 0 Å². The maximum absolute atomic E-state index is 13.7. The molecule has 6 nitrogen and oxygen atoms in total. The lowest BCUT2D eigenvalue weighted by Gasteiger charge is -2.12. The van der Waals surface area contributed by atoms with Crippen LogP contribution in [0.25, 0.3) is 0 Å². The van der Waals surface area contributed by atoms with Crippen LogP contribution in [0.2, 0.25) is 0 Å². The fourth-order valence-corrected chi connectivity index (χ4v) is 1.60. The van der Waals surface area contributed by atoms with Crippen molar-refractivity contribution in [3.8, 4) is 5.75 Å². The van der Waals surface area contributed by atoms with E-state index in [4.69, 9.17) is 4.74 Å². The zero-order chi connectivity index (χ0) is 14.4. The lowest BCUT2D eigenvalue weighted by molar-refractivity contribution is -0.385. The molecule has 0 amide bonds. The van der Waals surface area contributed by atoms with Crippen molar-refractivity contribution >= 4 is 11.4 Å². The molecule has 0 aromatic heterocycles. The molecule has 0 bridgehead atoms. The van der Waals surface area contributed by atoms with E-state index in [2.05, 4.69) is 5.32 Å². The van der Waals surface area contributed by atoms with Crippen LogP contribution >= 0.6 is 0 Å².